The molecule has 10 heteroatoms. The average molecular weight is 1150 g/mol. The second-order valence-electron chi connectivity index (χ2n) is 23.6. The first-order chi connectivity index (χ1) is 39.4. The number of ether oxygens (including phenoxy) is 1. The molecule has 0 heterocycles. The third kappa shape index (κ3) is 61.3. The number of phosphoric acid groups is 1. The summed E-state index contributed by atoms with van der Waals surface area (Å²) in [6.07, 6.45) is 81.0. The monoisotopic (exact) mass is 1150 g/mol. The van der Waals surface area contributed by atoms with E-state index in [-0.39, 0.29) is 31.3 Å². The maximum atomic E-state index is 13.5. The summed E-state index contributed by atoms with van der Waals surface area (Å²) in [5.74, 6) is -0.607. The Morgan fingerprint density at radius 3 is 1.17 bits per heavy atom. The van der Waals surface area contributed by atoms with Gasteiger partial charge in [0, 0.05) is 12.8 Å². The van der Waals surface area contributed by atoms with Crippen molar-refractivity contribution in [2.24, 2.45) is 0 Å². The van der Waals surface area contributed by atoms with Crippen molar-refractivity contribution in [2.45, 2.75) is 303 Å². The highest BCUT2D eigenvalue weighted by Crippen LogP contribution is 2.38. The molecule has 3 unspecified atom stereocenters. The molecule has 3 atom stereocenters. The molecule has 0 aromatic carbocycles. The third-order valence-electron chi connectivity index (χ3n) is 14.5. The number of allylic oxidation sites excluding steroid dienone is 15. The predicted molar refractivity (Wildman–Crippen MR) is 348 cm³/mol. The van der Waals surface area contributed by atoms with Gasteiger partial charge in [0.1, 0.15) is 19.3 Å². The molecule has 9 nitrogen and oxygen atoms in total. The van der Waals surface area contributed by atoms with Crippen LogP contribution in [-0.4, -0.2) is 69.4 Å². The van der Waals surface area contributed by atoms with E-state index in [2.05, 4.69) is 111 Å². The van der Waals surface area contributed by atoms with Gasteiger partial charge in [0.2, 0.25) is 5.91 Å². The first kappa shape index (κ1) is 77.9. The highest BCUT2D eigenvalue weighted by atomic mass is 31.2. The molecule has 0 aromatic heterocycles. The van der Waals surface area contributed by atoms with Gasteiger partial charge in [-0.1, -0.05) is 266 Å². The van der Waals surface area contributed by atoms with E-state index in [1.807, 2.05) is 33.3 Å². The van der Waals surface area contributed by atoms with E-state index in [0.29, 0.717) is 17.4 Å². The molecule has 0 aromatic rings. The van der Waals surface area contributed by atoms with Gasteiger partial charge in [0.05, 0.1) is 33.8 Å². The summed E-state index contributed by atoms with van der Waals surface area (Å²) in [5.41, 5.74) is 0. The van der Waals surface area contributed by atoms with Crippen LogP contribution in [0.5, 0.6) is 0 Å². The smallest absolute Gasteiger partial charge is 0.306 e. The summed E-state index contributed by atoms with van der Waals surface area (Å²) in [5, 5.41) is 3.00. The molecule has 0 fully saturated rings. The molecular weight excluding hydrogens is 1020 g/mol. The molecule has 0 aliphatic rings. The van der Waals surface area contributed by atoms with Crippen molar-refractivity contribution in [1.29, 1.82) is 0 Å². The maximum Gasteiger partial charge on any atom is 0.306 e. The Bertz CT molecular complexity index is 1710. The van der Waals surface area contributed by atoms with Gasteiger partial charge < -0.3 is 28.5 Å². The van der Waals surface area contributed by atoms with Crippen LogP contribution in [0.25, 0.3) is 0 Å². The third-order valence-corrected chi connectivity index (χ3v) is 15.5. The predicted octanol–water partition coefficient (Wildman–Crippen LogP) is 20.5. The summed E-state index contributed by atoms with van der Waals surface area (Å²) >= 11 is 0. The minimum atomic E-state index is -4.72. The first-order valence-corrected chi connectivity index (χ1v) is 35.0. The van der Waals surface area contributed by atoms with E-state index >= 15 is 0 Å². The van der Waals surface area contributed by atoms with E-state index in [1.54, 1.807) is 0 Å². The fourth-order valence-electron chi connectivity index (χ4n) is 9.29. The number of nitrogens with one attached hydrogen (secondary N) is 1. The van der Waals surface area contributed by atoms with Crippen LogP contribution in [0.3, 0.4) is 0 Å². The van der Waals surface area contributed by atoms with Crippen molar-refractivity contribution in [2.75, 3.05) is 40.9 Å². The van der Waals surface area contributed by atoms with E-state index in [0.717, 1.165) is 83.5 Å². The zero-order valence-electron chi connectivity index (χ0n) is 53.5. The van der Waals surface area contributed by atoms with E-state index in [9.17, 15) is 19.0 Å². The highest BCUT2D eigenvalue weighted by molar-refractivity contribution is 7.45. The molecular formula is C71H127N2O7P. The van der Waals surface area contributed by atoms with Crippen LogP contribution in [0.4, 0.5) is 0 Å². The van der Waals surface area contributed by atoms with Crippen molar-refractivity contribution in [1.82, 2.24) is 5.32 Å². The standard InChI is InChI=1S/C71H127N2O7P/c1-7-10-13-16-19-22-25-28-30-32-33-34-35-36-37-38-39-41-43-46-49-52-55-58-61-64-71(75)80-69(62-59-56-53-50-47-44-27-24-21-18-15-12-9-3)68(67-79-81(76,77)78-66-65-73(4,5)6)72-70(74)63-60-57-54-51-48-45-42-40-31-29-26-23-20-17-14-11-8-2/h19-20,22-23,28-31,33-34,42,45,51,54,59,62,68-69H,7-18,21,24-27,32,35-41,43-44,46-50,52-53,55-58,60-61,63-67H2,1-6H3,(H-,72,74,76,77)/b22-19-,23-20-,30-28-,31-29-,34-33-,45-42-,54-51-,62-59-. The Balaban J connectivity index is 5.22. The molecule has 0 radical (unpaired) electrons. The molecule has 81 heavy (non-hydrogen) atoms. The van der Waals surface area contributed by atoms with Gasteiger partial charge in [0.15, 0.2) is 0 Å². The summed E-state index contributed by atoms with van der Waals surface area (Å²) in [7, 11) is 1.14. The SMILES string of the molecule is CCCCC/C=C\C/C=C\C/C=C\C/C=C\CCCC(=O)NC(COP(=O)([O-])OCC[N+](C)(C)C)C(/C=C\CCCCCCCCCCCCC)OC(=O)CCCCCCCCCCCCCC/C=C\C/C=C\C/C=C\CCCCC. The lowest BCUT2D eigenvalue weighted by Crippen LogP contribution is -2.47. The number of hydrogen-bond donors (Lipinski definition) is 1. The van der Waals surface area contributed by atoms with E-state index in [1.165, 1.54) is 167 Å². The zero-order chi connectivity index (χ0) is 59.3. The average Bonchev–Trinajstić information content (AvgIpc) is 3.44. The summed E-state index contributed by atoms with van der Waals surface area (Å²) in [4.78, 5) is 40.1. The molecule has 468 valence electrons. The lowest BCUT2D eigenvalue weighted by Gasteiger charge is -2.30. The Morgan fingerprint density at radius 2 is 0.765 bits per heavy atom. The molecule has 0 aliphatic heterocycles. The fraction of sp³-hybridized carbons (Fsp3) is 0.746. The Labute approximate surface area is 500 Å². The van der Waals surface area contributed by atoms with Crippen LogP contribution < -0.4 is 10.2 Å². The van der Waals surface area contributed by atoms with Crippen LogP contribution >= 0.6 is 7.82 Å². The molecule has 0 aliphatic carbocycles. The number of phosphoric ester groups is 1. The van der Waals surface area contributed by atoms with Gasteiger partial charge >= 0.3 is 5.97 Å². The maximum absolute atomic E-state index is 13.5. The lowest BCUT2D eigenvalue weighted by atomic mass is 10.0. The van der Waals surface area contributed by atoms with E-state index < -0.39 is 26.6 Å². The van der Waals surface area contributed by atoms with Crippen molar-refractivity contribution in [3.63, 3.8) is 0 Å². The van der Waals surface area contributed by atoms with Gasteiger partial charge in [-0.25, -0.2) is 0 Å². The van der Waals surface area contributed by atoms with Crippen molar-refractivity contribution >= 4 is 19.7 Å². The van der Waals surface area contributed by atoms with Crippen molar-refractivity contribution in [3.8, 4) is 0 Å². The second-order valence-corrected chi connectivity index (χ2v) is 25.0. The zero-order valence-corrected chi connectivity index (χ0v) is 54.4. The minimum absolute atomic E-state index is 0.0361. The summed E-state index contributed by atoms with van der Waals surface area (Å²) in [6, 6.07) is -0.923. The second kappa shape index (κ2) is 60.1. The van der Waals surface area contributed by atoms with Crippen LogP contribution in [0, 0.1) is 0 Å². The number of nitrogens with zero attached hydrogens (tertiary/aromatic N) is 1. The number of carbonyl (C=O) groups is 2. The first-order valence-electron chi connectivity index (χ1n) is 33.5. The molecule has 0 spiro atoms. The summed E-state index contributed by atoms with van der Waals surface area (Å²) in [6.45, 7) is 6.76. The number of likely N-dealkylation sites (N-methyl/N-ethyl adjacent to an activating group) is 1. The number of rotatable bonds is 60. The normalized spacial score (nSPS) is 14.2. The van der Waals surface area contributed by atoms with Crippen molar-refractivity contribution < 1.29 is 37.3 Å². The molecule has 0 saturated heterocycles. The number of amides is 1. The van der Waals surface area contributed by atoms with Crippen LogP contribution in [0.1, 0.15) is 290 Å². The largest absolute Gasteiger partial charge is 0.756 e. The van der Waals surface area contributed by atoms with Crippen molar-refractivity contribution in [3.05, 3.63) is 97.2 Å². The Morgan fingerprint density at radius 1 is 0.432 bits per heavy atom. The van der Waals surface area contributed by atoms with Gasteiger partial charge in [-0.3, -0.25) is 14.2 Å². The minimum Gasteiger partial charge on any atom is -0.756 e. The summed E-state index contributed by atoms with van der Waals surface area (Å²) < 4.78 is 30.3. The number of carbonyl (C=O) groups excluding carboxylic acids is 2. The lowest BCUT2D eigenvalue weighted by molar-refractivity contribution is -0.870. The topological polar surface area (TPSA) is 114 Å². The number of esters is 1. The van der Waals surface area contributed by atoms with Gasteiger partial charge in [0.25, 0.3) is 7.82 Å². The molecule has 0 saturated carbocycles. The van der Waals surface area contributed by atoms with Crippen LogP contribution in [0.2, 0.25) is 0 Å². The number of unbranched alkanes of at least 4 members (excludes halogenated alkanes) is 30. The Hall–Kier alpha value is -3.07. The molecule has 0 rings (SSSR count). The van der Waals surface area contributed by atoms with E-state index in [4.69, 9.17) is 13.8 Å². The van der Waals surface area contributed by atoms with Gasteiger partial charge in [-0.2, -0.15) is 0 Å². The van der Waals surface area contributed by atoms with Crippen LogP contribution in [0.15, 0.2) is 97.2 Å². The highest BCUT2D eigenvalue weighted by Gasteiger charge is 2.27. The van der Waals surface area contributed by atoms with Crippen LogP contribution in [-0.2, 0) is 27.9 Å². The molecule has 0 bridgehead atoms. The molecule has 1 amide bonds. The fourth-order valence-corrected chi connectivity index (χ4v) is 10.0. The number of hydrogen-bond acceptors (Lipinski definition) is 7. The van der Waals surface area contributed by atoms with Gasteiger partial charge in [-0.15, -0.1) is 0 Å². The number of quaternary nitrogens is 1. The Kier molecular flexibility index (Phi) is 57.8. The van der Waals surface area contributed by atoms with Gasteiger partial charge in [-0.05, 0) is 109 Å². The molecule has 1 N–H and O–H groups in total. The quantitative estimate of drug-likeness (QED) is 0.0212.